The molecule has 0 unspecified atom stereocenters. The summed E-state index contributed by atoms with van der Waals surface area (Å²) in [6.07, 6.45) is 1.01. The summed E-state index contributed by atoms with van der Waals surface area (Å²) in [4.78, 5) is 2.15. The van der Waals surface area contributed by atoms with Crippen LogP contribution in [-0.4, -0.2) is 32.1 Å². The first-order valence-electron chi connectivity index (χ1n) is 5.40. The molecule has 3 nitrogen and oxygen atoms in total. The molecule has 2 N–H and O–H groups in total. The largest absolute Gasteiger partial charge is 0.492 e. The zero-order valence-electron chi connectivity index (χ0n) is 9.87. The molecule has 0 aromatic heterocycles. The van der Waals surface area contributed by atoms with Crippen LogP contribution in [-0.2, 0) is 6.54 Å². The molecular weight excluding hydrogens is 268 g/mol. The van der Waals surface area contributed by atoms with Gasteiger partial charge in [-0.1, -0.05) is 12.1 Å². The van der Waals surface area contributed by atoms with Gasteiger partial charge in [0, 0.05) is 18.7 Å². The lowest BCUT2D eigenvalue weighted by Gasteiger charge is -2.13. The average molecular weight is 287 g/mol. The van der Waals surface area contributed by atoms with Gasteiger partial charge in [0.1, 0.15) is 5.75 Å². The number of ether oxygens (including phenoxy) is 1. The molecule has 0 aliphatic carbocycles. The second kappa shape index (κ2) is 6.89. The summed E-state index contributed by atoms with van der Waals surface area (Å²) in [6.45, 7) is 2.25. The minimum absolute atomic E-state index is 0.502. The number of nitrogens with zero attached hydrogens (tertiary/aromatic N) is 1. The molecule has 0 saturated heterocycles. The van der Waals surface area contributed by atoms with Crippen molar-refractivity contribution < 1.29 is 4.74 Å². The molecule has 0 atom stereocenters. The van der Waals surface area contributed by atoms with Crippen LogP contribution >= 0.6 is 15.9 Å². The van der Waals surface area contributed by atoms with Crippen LogP contribution in [0.1, 0.15) is 12.0 Å². The van der Waals surface area contributed by atoms with Crippen molar-refractivity contribution in [1.29, 1.82) is 0 Å². The molecule has 0 amide bonds. The third-order valence-electron chi connectivity index (χ3n) is 2.26. The van der Waals surface area contributed by atoms with E-state index in [1.54, 1.807) is 0 Å². The van der Waals surface area contributed by atoms with Gasteiger partial charge in [-0.25, -0.2) is 0 Å². The lowest BCUT2D eigenvalue weighted by atomic mass is 10.2. The highest BCUT2D eigenvalue weighted by molar-refractivity contribution is 9.10. The lowest BCUT2D eigenvalue weighted by Crippen LogP contribution is -2.16. The average Bonchev–Trinajstić information content (AvgIpc) is 2.25. The molecule has 0 fully saturated rings. The number of para-hydroxylation sites is 1. The van der Waals surface area contributed by atoms with Crippen LogP contribution in [0.25, 0.3) is 0 Å². The van der Waals surface area contributed by atoms with Crippen LogP contribution in [0.2, 0.25) is 0 Å². The third-order valence-corrected chi connectivity index (χ3v) is 2.89. The van der Waals surface area contributed by atoms with Gasteiger partial charge in [-0.05, 0) is 42.5 Å². The third kappa shape index (κ3) is 4.12. The van der Waals surface area contributed by atoms with Gasteiger partial charge in [-0.15, -0.1) is 0 Å². The van der Waals surface area contributed by atoms with E-state index in [1.165, 1.54) is 0 Å². The fourth-order valence-corrected chi connectivity index (χ4v) is 1.95. The summed E-state index contributed by atoms with van der Waals surface area (Å²) in [7, 11) is 4.12. The zero-order chi connectivity index (χ0) is 12.0. The number of halogens is 1. The lowest BCUT2D eigenvalue weighted by molar-refractivity contribution is 0.278. The minimum Gasteiger partial charge on any atom is -0.492 e. The summed E-state index contributed by atoms with van der Waals surface area (Å²) in [5, 5.41) is 0. The molecule has 16 heavy (non-hydrogen) atoms. The number of hydrogen-bond acceptors (Lipinski definition) is 3. The molecule has 0 bridgehead atoms. The van der Waals surface area contributed by atoms with Crippen LogP contribution < -0.4 is 10.5 Å². The second-order valence-corrected chi connectivity index (χ2v) is 4.79. The molecular formula is C12H19BrN2O. The van der Waals surface area contributed by atoms with Gasteiger partial charge in [0.25, 0.3) is 0 Å². The van der Waals surface area contributed by atoms with Crippen molar-refractivity contribution in [3.05, 3.63) is 28.2 Å². The standard InChI is InChI=1S/C12H19BrN2O/c1-15(2)7-4-8-16-12-10(9-14)5-3-6-11(12)13/h3,5-6H,4,7-9,14H2,1-2H3. The summed E-state index contributed by atoms with van der Waals surface area (Å²) in [5.74, 6) is 0.878. The van der Waals surface area contributed by atoms with E-state index in [-0.39, 0.29) is 0 Å². The quantitative estimate of drug-likeness (QED) is 0.815. The molecule has 4 heteroatoms. The second-order valence-electron chi connectivity index (χ2n) is 3.94. The fourth-order valence-electron chi connectivity index (χ4n) is 1.43. The van der Waals surface area contributed by atoms with Gasteiger partial charge in [0.15, 0.2) is 0 Å². The maximum atomic E-state index is 5.76. The highest BCUT2D eigenvalue weighted by atomic mass is 79.9. The van der Waals surface area contributed by atoms with Gasteiger partial charge in [-0.3, -0.25) is 0 Å². The van der Waals surface area contributed by atoms with E-state index in [9.17, 15) is 0 Å². The summed E-state index contributed by atoms with van der Waals surface area (Å²) in [5.41, 5.74) is 6.70. The maximum absolute atomic E-state index is 5.76. The topological polar surface area (TPSA) is 38.5 Å². The van der Waals surface area contributed by atoms with Crippen molar-refractivity contribution in [3.63, 3.8) is 0 Å². The summed E-state index contributed by atoms with van der Waals surface area (Å²) in [6, 6.07) is 5.94. The Morgan fingerprint density at radius 2 is 2.12 bits per heavy atom. The normalized spacial score (nSPS) is 10.8. The van der Waals surface area contributed by atoms with Crippen molar-refractivity contribution in [3.8, 4) is 5.75 Å². The van der Waals surface area contributed by atoms with E-state index >= 15 is 0 Å². The summed E-state index contributed by atoms with van der Waals surface area (Å²) < 4.78 is 6.73. The van der Waals surface area contributed by atoms with Crippen LogP contribution in [0.5, 0.6) is 5.75 Å². The first-order chi connectivity index (χ1) is 7.65. The minimum atomic E-state index is 0.502. The maximum Gasteiger partial charge on any atom is 0.137 e. The zero-order valence-corrected chi connectivity index (χ0v) is 11.5. The van der Waals surface area contributed by atoms with Crippen molar-refractivity contribution in [2.75, 3.05) is 27.2 Å². The Labute approximate surface area is 106 Å². The molecule has 0 saturated carbocycles. The molecule has 0 radical (unpaired) electrons. The van der Waals surface area contributed by atoms with Gasteiger partial charge in [-0.2, -0.15) is 0 Å². The highest BCUT2D eigenvalue weighted by Gasteiger charge is 2.06. The van der Waals surface area contributed by atoms with Crippen molar-refractivity contribution in [1.82, 2.24) is 4.90 Å². The van der Waals surface area contributed by atoms with Gasteiger partial charge in [0.05, 0.1) is 11.1 Å². The monoisotopic (exact) mass is 286 g/mol. The Balaban J connectivity index is 2.52. The molecule has 90 valence electrons. The number of hydrogen-bond donors (Lipinski definition) is 1. The number of nitrogens with two attached hydrogens (primary N) is 1. The van der Waals surface area contributed by atoms with Crippen LogP contribution in [0.15, 0.2) is 22.7 Å². The van der Waals surface area contributed by atoms with E-state index < -0.39 is 0 Å². The van der Waals surface area contributed by atoms with E-state index in [0.717, 1.165) is 28.8 Å². The van der Waals surface area contributed by atoms with Crippen molar-refractivity contribution >= 4 is 15.9 Å². The molecule has 0 spiro atoms. The van der Waals surface area contributed by atoms with Crippen LogP contribution in [0, 0.1) is 0 Å². The number of benzene rings is 1. The fraction of sp³-hybridized carbons (Fsp3) is 0.500. The predicted octanol–water partition coefficient (Wildman–Crippen LogP) is 2.24. The molecule has 1 aromatic carbocycles. The van der Waals surface area contributed by atoms with Gasteiger partial charge in [0.2, 0.25) is 0 Å². The Hall–Kier alpha value is -0.580. The highest BCUT2D eigenvalue weighted by Crippen LogP contribution is 2.28. The van der Waals surface area contributed by atoms with E-state index in [0.29, 0.717) is 13.2 Å². The molecule has 0 aliphatic rings. The molecule has 1 aromatic rings. The Kier molecular flexibility index (Phi) is 5.80. The molecule has 1 rings (SSSR count). The number of rotatable bonds is 6. The van der Waals surface area contributed by atoms with Crippen LogP contribution in [0.4, 0.5) is 0 Å². The molecule has 0 aliphatic heterocycles. The first kappa shape index (κ1) is 13.5. The molecule has 0 heterocycles. The Morgan fingerprint density at radius 1 is 1.38 bits per heavy atom. The Bertz CT molecular complexity index is 329. The van der Waals surface area contributed by atoms with Crippen LogP contribution in [0.3, 0.4) is 0 Å². The van der Waals surface area contributed by atoms with E-state index in [2.05, 4.69) is 34.9 Å². The summed E-state index contributed by atoms with van der Waals surface area (Å²) >= 11 is 3.48. The van der Waals surface area contributed by atoms with E-state index in [1.807, 2.05) is 18.2 Å². The predicted molar refractivity (Wildman–Crippen MR) is 70.7 cm³/mol. The van der Waals surface area contributed by atoms with Gasteiger partial charge >= 0.3 is 0 Å². The Morgan fingerprint density at radius 3 is 2.75 bits per heavy atom. The SMILES string of the molecule is CN(C)CCCOc1c(Br)cccc1CN. The first-order valence-corrected chi connectivity index (χ1v) is 6.19. The van der Waals surface area contributed by atoms with Gasteiger partial charge < -0.3 is 15.4 Å². The smallest absolute Gasteiger partial charge is 0.137 e. The van der Waals surface area contributed by atoms with Crippen molar-refractivity contribution in [2.24, 2.45) is 5.73 Å². The van der Waals surface area contributed by atoms with E-state index in [4.69, 9.17) is 10.5 Å². The van der Waals surface area contributed by atoms with Crippen molar-refractivity contribution in [2.45, 2.75) is 13.0 Å².